The quantitative estimate of drug-likeness (QED) is 0.334. The fourth-order valence-corrected chi connectivity index (χ4v) is 3.20. The maximum atomic E-state index is 12.1. The van der Waals surface area contributed by atoms with Crippen LogP contribution >= 0.6 is 0 Å². The summed E-state index contributed by atoms with van der Waals surface area (Å²) < 4.78 is 18.0. The Morgan fingerprint density at radius 3 is 2.63 bits per heavy atom. The molecule has 11 heteroatoms. The maximum Gasteiger partial charge on any atom is 0.258 e. The van der Waals surface area contributed by atoms with Crippen molar-refractivity contribution >= 4 is 23.1 Å². The van der Waals surface area contributed by atoms with Crippen molar-refractivity contribution < 1.29 is 23.8 Å². The first-order chi connectivity index (χ1) is 17.0. The van der Waals surface area contributed by atoms with Gasteiger partial charge in [-0.05, 0) is 30.3 Å². The van der Waals surface area contributed by atoms with Crippen LogP contribution in [-0.2, 0) is 9.59 Å². The van der Waals surface area contributed by atoms with E-state index in [0.29, 0.717) is 34.5 Å². The molecular formula is C24H24N6O5. The number of aromatic nitrogens is 4. The molecule has 0 saturated heterocycles. The second-order valence-corrected chi connectivity index (χ2v) is 7.39. The zero-order chi connectivity index (χ0) is 24.6. The monoisotopic (exact) mass is 476 g/mol. The topological polar surface area (TPSA) is 129 Å². The Bertz CT molecular complexity index is 1340. The summed E-state index contributed by atoms with van der Waals surface area (Å²) in [7, 11) is 1.60. The van der Waals surface area contributed by atoms with Gasteiger partial charge in [-0.3, -0.25) is 9.59 Å². The van der Waals surface area contributed by atoms with E-state index in [9.17, 15) is 9.59 Å². The minimum Gasteiger partial charge on any atom is -0.497 e. The van der Waals surface area contributed by atoms with Crippen molar-refractivity contribution in [2.45, 2.75) is 6.92 Å². The summed E-state index contributed by atoms with van der Waals surface area (Å²) >= 11 is 0. The minimum atomic E-state index is -0.305. The molecule has 2 aromatic heterocycles. The van der Waals surface area contributed by atoms with E-state index in [1.165, 1.54) is 6.92 Å². The van der Waals surface area contributed by atoms with E-state index >= 15 is 0 Å². The zero-order valence-electron chi connectivity index (χ0n) is 19.2. The van der Waals surface area contributed by atoms with Crippen molar-refractivity contribution in [1.82, 2.24) is 25.1 Å². The van der Waals surface area contributed by atoms with Crippen LogP contribution in [0, 0.1) is 0 Å². The van der Waals surface area contributed by atoms with E-state index in [0.717, 1.165) is 5.56 Å². The second kappa shape index (κ2) is 11.0. The van der Waals surface area contributed by atoms with Crippen LogP contribution in [-0.4, -0.2) is 58.5 Å². The van der Waals surface area contributed by atoms with Crippen molar-refractivity contribution in [2.75, 3.05) is 32.2 Å². The van der Waals surface area contributed by atoms with Crippen molar-refractivity contribution in [2.24, 2.45) is 0 Å². The minimum absolute atomic E-state index is 0.168. The standard InChI is InChI=1S/C24H24N6O5/c1-16(31)26-18-6-4-8-20(14-18)35-15-22(32)25-11-12-34-23-10-9-21-27-28-24(30(21)29-23)17-5-3-7-19(13-17)33-2/h3-10,13-14H,11-12,15H2,1-2H3,(H,25,32)(H,26,31). The summed E-state index contributed by atoms with van der Waals surface area (Å²) in [5.41, 5.74) is 1.97. The Kier molecular flexibility index (Phi) is 7.36. The Balaban J connectivity index is 1.28. The zero-order valence-corrected chi connectivity index (χ0v) is 19.2. The number of nitrogens with zero attached hydrogens (tertiary/aromatic N) is 4. The van der Waals surface area contributed by atoms with Crippen LogP contribution in [0.4, 0.5) is 5.69 Å². The molecule has 180 valence electrons. The number of anilines is 1. The molecule has 0 unspecified atom stereocenters. The molecule has 0 saturated carbocycles. The van der Waals surface area contributed by atoms with Crippen molar-refractivity contribution in [1.29, 1.82) is 0 Å². The molecule has 0 fully saturated rings. The fraction of sp³-hybridized carbons (Fsp3) is 0.208. The third kappa shape index (κ3) is 6.22. The van der Waals surface area contributed by atoms with Gasteiger partial charge < -0.3 is 24.8 Å². The lowest BCUT2D eigenvalue weighted by Gasteiger charge is -2.10. The molecule has 2 heterocycles. The number of hydrogen-bond donors (Lipinski definition) is 2. The van der Waals surface area contributed by atoms with Gasteiger partial charge in [-0.25, -0.2) is 0 Å². The Morgan fingerprint density at radius 2 is 1.80 bits per heavy atom. The number of carbonyl (C=O) groups excluding carboxylic acids is 2. The van der Waals surface area contributed by atoms with E-state index in [1.54, 1.807) is 48.0 Å². The average molecular weight is 476 g/mol. The van der Waals surface area contributed by atoms with Gasteiger partial charge >= 0.3 is 0 Å². The van der Waals surface area contributed by atoms with Crippen molar-refractivity contribution in [3.05, 3.63) is 60.7 Å². The van der Waals surface area contributed by atoms with Crippen LogP contribution in [0.5, 0.6) is 17.4 Å². The number of rotatable bonds is 10. The highest BCUT2D eigenvalue weighted by Gasteiger charge is 2.11. The van der Waals surface area contributed by atoms with Crippen LogP contribution in [0.15, 0.2) is 60.7 Å². The number of benzene rings is 2. The molecule has 0 aliphatic rings. The molecule has 11 nitrogen and oxygen atoms in total. The molecule has 4 rings (SSSR count). The number of methoxy groups -OCH3 is 1. The van der Waals surface area contributed by atoms with E-state index in [4.69, 9.17) is 14.2 Å². The Labute approximate surface area is 201 Å². The highest BCUT2D eigenvalue weighted by Crippen LogP contribution is 2.23. The second-order valence-electron chi connectivity index (χ2n) is 7.39. The van der Waals surface area contributed by atoms with E-state index in [2.05, 4.69) is 25.9 Å². The van der Waals surface area contributed by atoms with Crippen LogP contribution in [0.2, 0.25) is 0 Å². The van der Waals surface area contributed by atoms with Crippen LogP contribution < -0.4 is 24.8 Å². The van der Waals surface area contributed by atoms with E-state index in [1.807, 2.05) is 24.3 Å². The van der Waals surface area contributed by atoms with Crippen molar-refractivity contribution in [3.63, 3.8) is 0 Å². The van der Waals surface area contributed by atoms with Gasteiger partial charge in [0.1, 0.15) is 18.1 Å². The number of hydrogen-bond acceptors (Lipinski definition) is 8. The number of ether oxygens (including phenoxy) is 3. The Morgan fingerprint density at radius 1 is 0.971 bits per heavy atom. The van der Waals surface area contributed by atoms with E-state index in [-0.39, 0.29) is 31.6 Å². The summed E-state index contributed by atoms with van der Waals surface area (Å²) in [4.78, 5) is 23.2. The van der Waals surface area contributed by atoms with Gasteiger partial charge in [0, 0.05) is 30.3 Å². The molecule has 0 aliphatic carbocycles. The summed E-state index contributed by atoms with van der Waals surface area (Å²) in [6.45, 7) is 1.72. The van der Waals surface area contributed by atoms with Crippen LogP contribution in [0.1, 0.15) is 6.92 Å². The first-order valence-electron chi connectivity index (χ1n) is 10.8. The molecule has 4 aromatic rings. The SMILES string of the molecule is COc1cccc(-c2nnc3ccc(OCCNC(=O)COc4cccc(NC(C)=O)c4)nn23)c1. The first kappa shape index (κ1) is 23.5. The van der Waals surface area contributed by atoms with Gasteiger partial charge in [0.2, 0.25) is 11.8 Å². The highest BCUT2D eigenvalue weighted by molar-refractivity contribution is 5.88. The molecule has 0 atom stereocenters. The lowest BCUT2D eigenvalue weighted by Crippen LogP contribution is -2.32. The number of carbonyl (C=O) groups is 2. The molecule has 0 spiro atoms. The largest absolute Gasteiger partial charge is 0.497 e. The molecular weight excluding hydrogens is 452 g/mol. The third-order valence-corrected chi connectivity index (χ3v) is 4.76. The van der Waals surface area contributed by atoms with Crippen LogP contribution in [0.25, 0.3) is 17.0 Å². The first-order valence-corrected chi connectivity index (χ1v) is 10.8. The predicted molar refractivity (Wildman–Crippen MR) is 128 cm³/mol. The summed E-state index contributed by atoms with van der Waals surface area (Å²) in [5, 5.41) is 18.2. The van der Waals surface area contributed by atoms with Gasteiger partial charge in [0.15, 0.2) is 18.1 Å². The van der Waals surface area contributed by atoms with Gasteiger partial charge in [-0.2, -0.15) is 4.52 Å². The van der Waals surface area contributed by atoms with Gasteiger partial charge in [-0.15, -0.1) is 15.3 Å². The fourth-order valence-electron chi connectivity index (χ4n) is 3.20. The molecule has 2 aromatic carbocycles. The molecule has 0 bridgehead atoms. The van der Waals surface area contributed by atoms with Gasteiger partial charge in [-0.1, -0.05) is 18.2 Å². The summed E-state index contributed by atoms with van der Waals surface area (Å²) in [5.74, 6) is 1.60. The van der Waals surface area contributed by atoms with Gasteiger partial charge in [0.25, 0.3) is 5.91 Å². The number of fused-ring (bicyclic) bond motifs is 1. The molecule has 2 amide bonds. The van der Waals surface area contributed by atoms with Crippen molar-refractivity contribution in [3.8, 4) is 28.8 Å². The highest BCUT2D eigenvalue weighted by atomic mass is 16.5. The predicted octanol–water partition coefficient (Wildman–Crippen LogP) is 2.33. The molecule has 0 radical (unpaired) electrons. The summed E-state index contributed by atoms with van der Waals surface area (Å²) in [6, 6.07) is 17.7. The summed E-state index contributed by atoms with van der Waals surface area (Å²) in [6.07, 6.45) is 0. The molecule has 35 heavy (non-hydrogen) atoms. The maximum absolute atomic E-state index is 12.1. The number of amides is 2. The lowest BCUT2D eigenvalue weighted by atomic mass is 10.2. The molecule has 0 aliphatic heterocycles. The molecule has 2 N–H and O–H groups in total. The average Bonchev–Trinajstić information content (AvgIpc) is 3.28. The number of nitrogens with one attached hydrogen (secondary N) is 2. The van der Waals surface area contributed by atoms with Gasteiger partial charge in [0.05, 0.1) is 13.7 Å². The smallest absolute Gasteiger partial charge is 0.258 e. The third-order valence-electron chi connectivity index (χ3n) is 4.76. The van der Waals surface area contributed by atoms with Crippen LogP contribution in [0.3, 0.4) is 0 Å². The Hall–Kier alpha value is -4.67. The lowest BCUT2D eigenvalue weighted by molar-refractivity contribution is -0.123. The van der Waals surface area contributed by atoms with E-state index < -0.39 is 0 Å². The normalized spacial score (nSPS) is 10.6.